The zero-order valence-corrected chi connectivity index (χ0v) is 13.1. The van der Waals surface area contributed by atoms with E-state index >= 15 is 0 Å². The van der Waals surface area contributed by atoms with E-state index in [1.807, 2.05) is 0 Å². The van der Waals surface area contributed by atoms with Gasteiger partial charge in [-0.3, -0.25) is 4.90 Å². The van der Waals surface area contributed by atoms with Crippen LogP contribution in [-0.2, 0) is 0 Å². The SMILES string of the molecule is CN1C2CCC1CN(CCSC1CCNCC1)CC2. The molecule has 3 rings (SSSR count). The largest absolute Gasteiger partial charge is 0.317 e. The van der Waals surface area contributed by atoms with Crippen LogP contribution in [0.5, 0.6) is 0 Å². The van der Waals surface area contributed by atoms with E-state index in [0.29, 0.717) is 0 Å². The van der Waals surface area contributed by atoms with Gasteiger partial charge in [0.05, 0.1) is 0 Å². The second-order valence-electron chi connectivity index (χ2n) is 6.46. The lowest BCUT2D eigenvalue weighted by molar-refractivity contribution is 0.225. The molecule has 4 heteroatoms. The molecule has 3 aliphatic heterocycles. The predicted molar refractivity (Wildman–Crippen MR) is 84.0 cm³/mol. The van der Waals surface area contributed by atoms with Crippen LogP contribution in [0.2, 0.25) is 0 Å². The predicted octanol–water partition coefficient (Wildman–Crippen LogP) is 1.64. The molecule has 2 bridgehead atoms. The molecule has 0 aromatic carbocycles. The van der Waals surface area contributed by atoms with Crippen molar-refractivity contribution in [1.82, 2.24) is 15.1 Å². The molecule has 2 unspecified atom stereocenters. The Labute approximate surface area is 122 Å². The summed E-state index contributed by atoms with van der Waals surface area (Å²) in [6.45, 7) is 6.43. The van der Waals surface area contributed by atoms with Gasteiger partial charge in [0.15, 0.2) is 0 Å². The van der Waals surface area contributed by atoms with E-state index in [1.165, 1.54) is 70.6 Å². The van der Waals surface area contributed by atoms with Gasteiger partial charge in [0.25, 0.3) is 0 Å². The van der Waals surface area contributed by atoms with E-state index in [0.717, 1.165) is 17.3 Å². The third-order valence-electron chi connectivity index (χ3n) is 5.28. The summed E-state index contributed by atoms with van der Waals surface area (Å²) < 4.78 is 0. The Morgan fingerprint density at radius 1 is 1.05 bits per heavy atom. The van der Waals surface area contributed by atoms with E-state index < -0.39 is 0 Å². The van der Waals surface area contributed by atoms with Crippen molar-refractivity contribution in [2.24, 2.45) is 0 Å². The summed E-state index contributed by atoms with van der Waals surface area (Å²) in [4.78, 5) is 5.38. The average Bonchev–Trinajstić information content (AvgIpc) is 2.68. The number of rotatable bonds is 4. The average molecular weight is 283 g/mol. The Balaban J connectivity index is 1.38. The zero-order chi connectivity index (χ0) is 13.1. The molecule has 0 radical (unpaired) electrons. The van der Waals surface area contributed by atoms with Crippen LogP contribution in [0, 0.1) is 0 Å². The van der Waals surface area contributed by atoms with Gasteiger partial charge in [-0.1, -0.05) is 0 Å². The van der Waals surface area contributed by atoms with Crippen LogP contribution in [0.3, 0.4) is 0 Å². The van der Waals surface area contributed by atoms with Crippen LogP contribution in [-0.4, -0.2) is 72.7 Å². The molecule has 0 spiro atoms. The lowest BCUT2D eigenvalue weighted by Crippen LogP contribution is -2.37. The summed E-state index contributed by atoms with van der Waals surface area (Å²) in [5, 5.41) is 4.38. The van der Waals surface area contributed by atoms with Gasteiger partial charge in [-0.15, -0.1) is 0 Å². The van der Waals surface area contributed by atoms with E-state index in [2.05, 4.69) is 33.9 Å². The normalized spacial score (nSPS) is 34.6. The summed E-state index contributed by atoms with van der Waals surface area (Å²) in [7, 11) is 2.34. The maximum absolute atomic E-state index is 3.46. The Hall–Kier alpha value is 0.230. The van der Waals surface area contributed by atoms with Crippen molar-refractivity contribution in [3.05, 3.63) is 0 Å². The van der Waals surface area contributed by atoms with Crippen molar-refractivity contribution in [1.29, 1.82) is 0 Å². The second kappa shape index (κ2) is 6.79. The van der Waals surface area contributed by atoms with Crippen LogP contribution in [0.25, 0.3) is 0 Å². The van der Waals surface area contributed by atoms with Crippen molar-refractivity contribution in [3.8, 4) is 0 Å². The second-order valence-corrected chi connectivity index (χ2v) is 7.87. The highest BCUT2D eigenvalue weighted by molar-refractivity contribution is 7.99. The van der Waals surface area contributed by atoms with Crippen molar-refractivity contribution in [2.45, 2.75) is 49.4 Å². The molecule has 110 valence electrons. The molecule has 0 aromatic rings. The molecule has 3 nitrogen and oxygen atoms in total. The summed E-state index contributed by atoms with van der Waals surface area (Å²) in [6.07, 6.45) is 7.01. The summed E-state index contributed by atoms with van der Waals surface area (Å²) >= 11 is 2.22. The molecule has 3 heterocycles. The topological polar surface area (TPSA) is 18.5 Å². The third-order valence-corrected chi connectivity index (χ3v) is 6.64. The molecule has 0 aliphatic carbocycles. The summed E-state index contributed by atoms with van der Waals surface area (Å²) in [6, 6.07) is 1.73. The number of hydrogen-bond acceptors (Lipinski definition) is 4. The van der Waals surface area contributed by atoms with Gasteiger partial charge in [-0.2, -0.15) is 11.8 Å². The fraction of sp³-hybridized carbons (Fsp3) is 1.00. The molecular formula is C15H29N3S. The first-order chi connectivity index (χ1) is 9.33. The minimum Gasteiger partial charge on any atom is -0.317 e. The van der Waals surface area contributed by atoms with E-state index in [4.69, 9.17) is 0 Å². The molecule has 2 atom stereocenters. The van der Waals surface area contributed by atoms with E-state index in [9.17, 15) is 0 Å². The maximum atomic E-state index is 3.46. The molecule has 0 amide bonds. The van der Waals surface area contributed by atoms with Gasteiger partial charge in [0.1, 0.15) is 0 Å². The number of piperidine rings is 1. The van der Waals surface area contributed by atoms with Crippen molar-refractivity contribution >= 4 is 11.8 Å². The zero-order valence-electron chi connectivity index (χ0n) is 12.3. The van der Waals surface area contributed by atoms with E-state index in [-0.39, 0.29) is 0 Å². The third kappa shape index (κ3) is 3.66. The van der Waals surface area contributed by atoms with Crippen LogP contribution in [0.15, 0.2) is 0 Å². The van der Waals surface area contributed by atoms with Gasteiger partial charge in [0, 0.05) is 36.2 Å². The van der Waals surface area contributed by atoms with Crippen LogP contribution >= 0.6 is 11.8 Å². The fourth-order valence-electron chi connectivity index (χ4n) is 3.89. The number of likely N-dealkylation sites (N-methyl/N-ethyl adjacent to an activating group) is 1. The molecule has 3 fully saturated rings. The number of nitrogens with one attached hydrogen (secondary N) is 1. The van der Waals surface area contributed by atoms with Crippen molar-refractivity contribution in [2.75, 3.05) is 45.5 Å². The van der Waals surface area contributed by atoms with Gasteiger partial charge in [-0.05, 0) is 58.8 Å². The Morgan fingerprint density at radius 2 is 1.84 bits per heavy atom. The number of fused-ring (bicyclic) bond motifs is 2. The van der Waals surface area contributed by atoms with Gasteiger partial charge in [0.2, 0.25) is 0 Å². The standard InChI is InChI=1S/C15H29N3S/c1-17-13-2-3-14(17)12-18(9-6-13)10-11-19-15-4-7-16-8-5-15/h13-16H,2-12H2,1H3. The highest BCUT2D eigenvalue weighted by Crippen LogP contribution is 2.28. The van der Waals surface area contributed by atoms with Gasteiger partial charge in [-0.25, -0.2) is 0 Å². The number of thioether (sulfide) groups is 1. The quantitative estimate of drug-likeness (QED) is 0.845. The van der Waals surface area contributed by atoms with Crippen LogP contribution in [0.4, 0.5) is 0 Å². The Kier molecular flexibility index (Phi) is 5.07. The molecule has 1 N–H and O–H groups in total. The fourth-order valence-corrected chi connectivity index (χ4v) is 5.16. The molecule has 3 aliphatic rings. The van der Waals surface area contributed by atoms with Crippen molar-refractivity contribution in [3.63, 3.8) is 0 Å². The maximum Gasteiger partial charge on any atom is 0.0223 e. The minimum atomic E-state index is 0.844. The number of likely N-dealkylation sites (tertiary alicyclic amines) is 1. The van der Waals surface area contributed by atoms with Crippen LogP contribution in [0.1, 0.15) is 32.1 Å². The molecular weight excluding hydrogens is 254 g/mol. The first-order valence-corrected chi connectivity index (χ1v) is 9.14. The lowest BCUT2D eigenvalue weighted by atomic mass is 10.1. The lowest BCUT2D eigenvalue weighted by Gasteiger charge is -2.27. The number of nitrogens with zero attached hydrogens (tertiary/aromatic N) is 2. The Morgan fingerprint density at radius 3 is 2.68 bits per heavy atom. The summed E-state index contributed by atoms with van der Waals surface area (Å²) in [5.41, 5.74) is 0. The first-order valence-electron chi connectivity index (χ1n) is 8.09. The van der Waals surface area contributed by atoms with E-state index in [1.54, 1.807) is 0 Å². The first kappa shape index (κ1) is 14.2. The smallest absolute Gasteiger partial charge is 0.0223 e. The highest BCUT2D eigenvalue weighted by atomic mass is 32.2. The molecule has 0 aromatic heterocycles. The molecule has 0 saturated carbocycles. The van der Waals surface area contributed by atoms with Crippen molar-refractivity contribution < 1.29 is 0 Å². The molecule has 3 saturated heterocycles. The van der Waals surface area contributed by atoms with Crippen LogP contribution < -0.4 is 5.32 Å². The number of hydrogen-bond donors (Lipinski definition) is 1. The van der Waals surface area contributed by atoms with Gasteiger partial charge < -0.3 is 10.2 Å². The Bertz CT molecular complexity index is 281. The minimum absolute atomic E-state index is 0.844. The highest BCUT2D eigenvalue weighted by Gasteiger charge is 2.34. The van der Waals surface area contributed by atoms with Gasteiger partial charge >= 0.3 is 0 Å². The monoisotopic (exact) mass is 283 g/mol. The molecule has 19 heavy (non-hydrogen) atoms. The summed E-state index contributed by atoms with van der Waals surface area (Å²) in [5.74, 6) is 1.34.